The van der Waals surface area contributed by atoms with Crippen LogP contribution >= 0.6 is 11.6 Å². The molecule has 0 spiro atoms. The molecule has 0 saturated heterocycles. The maximum atomic E-state index is 11.8. The maximum Gasteiger partial charge on any atom is 0.312 e. The molecule has 1 aromatic carbocycles. The van der Waals surface area contributed by atoms with Gasteiger partial charge in [-0.2, -0.15) is 0 Å². The molecule has 0 heterocycles. The Morgan fingerprint density at radius 2 is 1.95 bits per heavy atom. The van der Waals surface area contributed by atoms with Crippen LogP contribution in [0.2, 0.25) is 5.02 Å². The maximum absolute atomic E-state index is 11.8. The van der Waals surface area contributed by atoms with Crippen LogP contribution in [0.25, 0.3) is 0 Å². The minimum absolute atomic E-state index is 0.187. The third kappa shape index (κ3) is 5.61. The number of carbonyl (C=O) groups is 3. The second-order valence-corrected chi connectivity index (χ2v) is 5.14. The number of carbonyl (C=O) groups excluding carboxylic acids is 3. The number of ether oxygens (including phenoxy) is 1. The number of hydrogen-bond donors (Lipinski definition) is 2. The summed E-state index contributed by atoms with van der Waals surface area (Å²) in [5.74, 6) is -0.987. The molecule has 120 valence electrons. The van der Waals surface area contributed by atoms with Crippen LogP contribution in [0.15, 0.2) is 24.3 Å². The fourth-order valence-electron chi connectivity index (χ4n) is 1.67. The second kappa shape index (κ2) is 8.23. The number of nitrogens with one attached hydrogen (secondary N) is 1. The van der Waals surface area contributed by atoms with Gasteiger partial charge in [0.25, 0.3) is 5.91 Å². The average molecular weight is 328 g/mol. The zero-order valence-corrected chi connectivity index (χ0v) is 13.1. The third-order valence-corrected chi connectivity index (χ3v) is 3.17. The van der Waals surface area contributed by atoms with E-state index in [-0.39, 0.29) is 18.9 Å². The van der Waals surface area contributed by atoms with Crippen molar-refractivity contribution >= 4 is 29.5 Å². The van der Waals surface area contributed by atoms with Crippen molar-refractivity contribution in [2.45, 2.75) is 12.5 Å². The van der Waals surface area contributed by atoms with Gasteiger partial charge in [-0.3, -0.25) is 9.59 Å². The summed E-state index contributed by atoms with van der Waals surface area (Å²) in [7, 11) is 3.11. The van der Waals surface area contributed by atoms with Crippen LogP contribution in [0.4, 0.5) is 4.79 Å². The Labute approximate surface area is 133 Å². The molecule has 0 saturated carbocycles. The molecule has 3 N–H and O–H groups in total. The van der Waals surface area contributed by atoms with Crippen molar-refractivity contribution < 1.29 is 19.1 Å². The van der Waals surface area contributed by atoms with E-state index in [1.165, 1.54) is 4.90 Å². The van der Waals surface area contributed by atoms with Crippen LogP contribution < -0.4 is 11.1 Å². The molecule has 0 aliphatic carbocycles. The standard InChI is InChI=1S/C14H18ClN3O4/c1-18(2)12(19)8-22-13(20)7-11(17-14(16)21)9-5-3-4-6-10(9)15/h3-6,11H,7-8H2,1-2H3,(H3,16,17,21)/t11-/m1/s1. The summed E-state index contributed by atoms with van der Waals surface area (Å²) < 4.78 is 4.87. The van der Waals surface area contributed by atoms with Crippen LogP contribution in [0.1, 0.15) is 18.0 Å². The Kier molecular flexibility index (Phi) is 6.65. The summed E-state index contributed by atoms with van der Waals surface area (Å²) in [5, 5.41) is 2.82. The van der Waals surface area contributed by atoms with Gasteiger partial charge >= 0.3 is 12.0 Å². The lowest BCUT2D eigenvalue weighted by Gasteiger charge is -2.18. The summed E-state index contributed by atoms with van der Waals surface area (Å²) in [6, 6.07) is 5.23. The Hall–Kier alpha value is -2.28. The van der Waals surface area contributed by atoms with Gasteiger partial charge in [-0.1, -0.05) is 29.8 Å². The fourth-order valence-corrected chi connectivity index (χ4v) is 1.93. The Balaban J connectivity index is 2.74. The summed E-state index contributed by atoms with van der Waals surface area (Å²) in [4.78, 5) is 35.6. The summed E-state index contributed by atoms with van der Waals surface area (Å²) in [6.07, 6.45) is -0.187. The first-order valence-corrected chi connectivity index (χ1v) is 6.85. The topological polar surface area (TPSA) is 102 Å². The van der Waals surface area contributed by atoms with Crippen LogP contribution in [-0.2, 0) is 14.3 Å². The lowest BCUT2D eigenvalue weighted by Crippen LogP contribution is -2.35. The number of hydrogen-bond acceptors (Lipinski definition) is 4. The van der Waals surface area contributed by atoms with E-state index in [0.29, 0.717) is 10.6 Å². The minimum atomic E-state index is -0.790. The van der Waals surface area contributed by atoms with Crippen molar-refractivity contribution in [1.82, 2.24) is 10.2 Å². The van der Waals surface area contributed by atoms with E-state index < -0.39 is 18.0 Å². The summed E-state index contributed by atoms with van der Waals surface area (Å²) in [6.45, 7) is -0.363. The number of amides is 3. The van der Waals surface area contributed by atoms with E-state index in [9.17, 15) is 14.4 Å². The van der Waals surface area contributed by atoms with Crippen molar-refractivity contribution in [3.8, 4) is 0 Å². The molecule has 3 amide bonds. The molecule has 7 nitrogen and oxygen atoms in total. The Morgan fingerprint density at radius 3 is 2.50 bits per heavy atom. The number of nitrogens with two attached hydrogens (primary N) is 1. The number of esters is 1. The van der Waals surface area contributed by atoms with Crippen molar-refractivity contribution in [3.05, 3.63) is 34.9 Å². The highest BCUT2D eigenvalue weighted by atomic mass is 35.5. The molecule has 1 atom stereocenters. The van der Waals surface area contributed by atoms with Gasteiger partial charge in [0.2, 0.25) is 0 Å². The summed E-state index contributed by atoms with van der Waals surface area (Å²) in [5.41, 5.74) is 5.65. The molecule has 0 bridgehead atoms. The van der Waals surface area contributed by atoms with Gasteiger partial charge in [0.1, 0.15) is 0 Å². The first kappa shape index (κ1) is 17.8. The molecule has 8 heteroatoms. The smallest absolute Gasteiger partial charge is 0.312 e. The van der Waals surface area contributed by atoms with Crippen molar-refractivity contribution in [3.63, 3.8) is 0 Å². The second-order valence-electron chi connectivity index (χ2n) is 4.74. The predicted octanol–water partition coefficient (Wildman–Crippen LogP) is 1.07. The number of rotatable bonds is 6. The minimum Gasteiger partial charge on any atom is -0.455 e. The number of primary amides is 1. The lowest BCUT2D eigenvalue weighted by molar-refractivity contribution is -0.151. The molecule has 0 aliphatic heterocycles. The first-order valence-electron chi connectivity index (χ1n) is 6.47. The van der Waals surface area contributed by atoms with Crippen molar-refractivity contribution in [2.24, 2.45) is 5.73 Å². The fraction of sp³-hybridized carbons (Fsp3) is 0.357. The van der Waals surface area contributed by atoms with E-state index >= 15 is 0 Å². The highest BCUT2D eigenvalue weighted by Gasteiger charge is 2.21. The van der Waals surface area contributed by atoms with E-state index in [0.717, 1.165) is 0 Å². The number of benzene rings is 1. The molecular formula is C14H18ClN3O4. The lowest BCUT2D eigenvalue weighted by atomic mass is 10.0. The molecule has 1 rings (SSSR count). The largest absolute Gasteiger partial charge is 0.455 e. The highest BCUT2D eigenvalue weighted by molar-refractivity contribution is 6.31. The Morgan fingerprint density at radius 1 is 1.32 bits per heavy atom. The molecule has 0 unspecified atom stereocenters. The predicted molar refractivity (Wildman–Crippen MR) is 81.2 cm³/mol. The molecule has 0 aromatic heterocycles. The molecular weight excluding hydrogens is 310 g/mol. The number of likely N-dealkylation sites (N-methyl/N-ethyl adjacent to an activating group) is 1. The molecule has 1 aromatic rings. The number of urea groups is 1. The average Bonchev–Trinajstić information content (AvgIpc) is 2.44. The zero-order valence-electron chi connectivity index (χ0n) is 12.3. The van der Waals surface area contributed by atoms with E-state index in [1.807, 2.05) is 0 Å². The number of halogens is 1. The zero-order chi connectivity index (χ0) is 16.7. The van der Waals surface area contributed by atoms with E-state index in [1.54, 1.807) is 38.4 Å². The van der Waals surface area contributed by atoms with Gasteiger partial charge < -0.3 is 20.7 Å². The van der Waals surface area contributed by atoms with Gasteiger partial charge in [0, 0.05) is 19.1 Å². The molecule has 0 radical (unpaired) electrons. The van der Waals surface area contributed by atoms with E-state index in [4.69, 9.17) is 22.1 Å². The van der Waals surface area contributed by atoms with Gasteiger partial charge in [-0.15, -0.1) is 0 Å². The first-order chi connectivity index (χ1) is 10.3. The molecule has 0 fully saturated rings. The SMILES string of the molecule is CN(C)C(=O)COC(=O)C[C@@H](NC(N)=O)c1ccccc1Cl. The van der Waals surface area contributed by atoms with Crippen LogP contribution in [0.3, 0.4) is 0 Å². The van der Waals surface area contributed by atoms with Gasteiger partial charge in [-0.05, 0) is 11.6 Å². The number of nitrogens with zero attached hydrogens (tertiary/aromatic N) is 1. The highest BCUT2D eigenvalue weighted by Crippen LogP contribution is 2.25. The molecule has 0 aliphatic rings. The monoisotopic (exact) mass is 327 g/mol. The third-order valence-electron chi connectivity index (χ3n) is 2.82. The Bertz CT molecular complexity index is 563. The van der Waals surface area contributed by atoms with Crippen LogP contribution in [0, 0.1) is 0 Å². The van der Waals surface area contributed by atoms with Crippen molar-refractivity contribution in [1.29, 1.82) is 0 Å². The van der Waals surface area contributed by atoms with Crippen LogP contribution in [-0.4, -0.2) is 43.5 Å². The van der Waals surface area contributed by atoms with E-state index in [2.05, 4.69) is 5.32 Å². The van der Waals surface area contributed by atoms with Gasteiger partial charge in [0.05, 0.1) is 12.5 Å². The van der Waals surface area contributed by atoms with Crippen LogP contribution in [0.5, 0.6) is 0 Å². The normalized spacial score (nSPS) is 11.4. The van der Waals surface area contributed by atoms with Crippen molar-refractivity contribution in [2.75, 3.05) is 20.7 Å². The van der Waals surface area contributed by atoms with Gasteiger partial charge in [0.15, 0.2) is 6.61 Å². The van der Waals surface area contributed by atoms with Gasteiger partial charge in [-0.25, -0.2) is 4.79 Å². The summed E-state index contributed by atoms with van der Waals surface area (Å²) >= 11 is 6.05. The molecule has 22 heavy (non-hydrogen) atoms. The quantitative estimate of drug-likeness (QED) is 0.763.